The van der Waals surface area contributed by atoms with Crippen LogP contribution in [0, 0.1) is 0 Å². The van der Waals surface area contributed by atoms with Crippen LogP contribution in [0.1, 0.15) is 24.2 Å². The zero-order valence-corrected chi connectivity index (χ0v) is 15.6. The number of rotatable bonds is 4. The zero-order valence-electron chi connectivity index (χ0n) is 15.6. The van der Waals surface area contributed by atoms with E-state index in [1.165, 1.54) is 0 Å². The van der Waals surface area contributed by atoms with Crippen LogP contribution in [-0.2, 0) is 0 Å². The standard InChI is InChI=1S/C20H24N6O/c1-14(2)23-18-16(13-22-24-19(18)25-11-8-21-9-12-25)20(27)26-10-7-15-5-3-4-6-17(15)26/h3-7,10,13-14,21H,8-9,11-12H2,1-2H3,(H,22,23). The molecule has 140 valence electrons. The van der Waals surface area contributed by atoms with Crippen LogP contribution in [0.4, 0.5) is 11.5 Å². The summed E-state index contributed by atoms with van der Waals surface area (Å²) in [4.78, 5) is 15.6. The van der Waals surface area contributed by atoms with Gasteiger partial charge in [0, 0.05) is 43.8 Å². The molecule has 4 rings (SSSR count). The third kappa shape index (κ3) is 3.38. The molecular formula is C20H24N6O. The number of aromatic nitrogens is 3. The molecular weight excluding hydrogens is 340 g/mol. The molecule has 0 saturated carbocycles. The summed E-state index contributed by atoms with van der Waals surface area (Å²) in [6, 6.07) is 9.99. The summed E-state index contributed by atoms with van der Waals surface area (Å²) in [7, 11) is 0. The number of carbonyl (C=O) groups excluding carboxylic acids is 1. The first-order chi connectivity index (χ1) is 13.1. The molecule has 1 fully saturated rings. The highest BCUT2D eigenvalue weighted by Gasteiger charge is 2.24. The lowest BCUT2D eigenvalue weighted by atomic mass is 10.2. The Kier molecular flexibility index (Phi) is 4.77. The van der Waals surface area contributed by atoms with E-state index in [4.69, 9.17) is 0 Å². The lowest BCUT2D eigenvalue weighted by Crippen LogP contribution is -2.44. The lowest BCUT2D eigenvalue weighted by molar-refractivity contribution is 0.0965. The van der Waals surface area contributed by atoms with E-state index in [0.717, 1.165) is 48.6 Å². The quantitative estimate of drug-likeness (QED) is 0.740. The molecule has 2 aromatic heterocycles. The monoisotopic (exact) mass is 364 g/mol. The number of hydrogen-bond donors (Lipinski definition) is 2. The number of fused-ring (bicyclic) bond motifs is 1. The Morgan fingerprint density at radius 3 is 2.74 bits per heavy atom. The topological polar surface area (TPSA) is 75.1 Å². The predicted octanol–water partition coefficient (Wildman–Crippen LogP) is 2.35. The second kappa shape index (κ2) is 7.36. The maximum atomic E-state index is 13.4. The molecule has 7 nitrogen and oxygen atoms in total. The molecule has 0 spiro atoms. The third-order valence-electron chi connectivity index (χ3n) is 4.73. The van der Waals surface area contributed by atoms with Gasteiger partial charge in [0.05, 0.1) is 23.0 Å². The van der Waals surface area contributed by atoms with Gasteiger partial charge in [0.2, 0.25) is 0 Å². The fourth-order valence-corrected chi connectivity index (χ4v) is 3.46. The summed E-state index contributed by atoms with van der Waals surface area (Å²) in [5.74, 6) is 0.637. The summed E-state index contributed by atoms with van der Waals surface area (Å²) < 4.78 is 1.68. The van der Waals surface area contributed by atoms with Gasteiger partial charge in [-0.3, -0.25) is 9.36 Å². The molecule has 2 N–H and O–H groups in total. The molecule has 0 bridgehead atoms. The predicted molar refractivity (Wildman–Crippen MR) is 108 cm³/mol. The first-order valence-corrected chi connectivity index (χ1v) is 9.34. The first kappa shape index (κ1) is 17.5. The molecule has 0 amide bonds. The summed E-state index contributed by atoms with van der Waals surface area (Å²) in [5.41, 5.74) is 2.18. The van der Waals surface area contributed by atoms with Gasteiger partial charge in [-0.15, -0.1) is 5.10 Å². The number of nitrogens with one attached hydrogen (secondary N) is 2. The van der Waals surface area contributed by atoms with Crippen molar-refractivity contribution >= 4 is 28.3 Å². The highest BCUT2D eigenvalue weighted by Crippen LogP contribution is 2.29. The Morgan fingerprint density at radius 2 is 1.96 bits per heavy atom. The Bertz CT molecular complexity index is 958. The maximum Gasteiger partial charge on any atom is 0.266 e. The summed E-state index contributed by atoms with van der Waals surface area (Å²) in [6.45, 7) is 7.58. The van der Waals surface area contributed by atoms with Crippen LogP contribution in [0.15, 0.2) is 42.7 Å². The van der Waals surface area contributed by atoms with Gasteiger partial charge in [-0.05, 0) is 26.0 Å². The number of hydrogen-bond acceptors (Lipinski definition) is 6. The van der Waals surface area contributed by atoms with Crippen molar-refractivity contribution in [2.24, 2.45) is 0 Å². The van der Waals surface area contributed by atoms with Gasteiger partial charge >= 0.3 is 0 Å². The molecule has 0 atom stereocenters. The highest BCUT2D eigenvalue weighted by atomic mass is 16.2. The molecule has 3 aromatic rings. The molecule has 3 heterocycles. The molecule has 7 heteroatoms. The smallest absolute Gasteiger partial charge is 0.266 e. The molecule has 1 aromatic carbocycles. The van der Waals surface area contributed by atoms with Gasteiger partial charge in [-0.2, -0.15) is 5.10 Å². The Hall–Kier alpha value is -2.93. The van der Waals surface area contributed by atoms with Crippen molar-refractivity contribution in [2.45, 2.75) is 19.9 Å². The van der Waals surface area contributed by atoms with Crippen LogP contribution >= 0.6 is 0 Å². The minimum atomic E-state index is -0.106. The van der Waals surface area contributed by atoms with Crippen LogP contribution < -0.4 is 15.5 Å². The normalized spacial score (nSPS) is 14.7. The first-order valence-electron chi connectivity index (χ1n) is 9.34. The zero-order chi connectivity index (χ0) is 18.8. The van der Waals surface area contributed by atoms with Gasteiger partial charge < -0.3 is 15.5 Å². The van der Waals surface area contributed by atoms with E-state index < -0.39 is 0 Å². The fraction of sp³-hybridized carbons (Fsp3) is 0.350. The van der Waals surface area contributed by atoms with Crippen molar-refractivity contribution in [3.8, 4) is 0 Å². The second-order valence-electron chi connectivity index (χ2n) is 7.04. The largest absolute Gasteiger partial charge is 0.379 e. The van der Waals surface area contributed by atoms with E-state index in [9.17, 15) is 4.79 Å². The van der Waals surface area contributed by atoms with Crippen molar-refractivity contribution in [3.63, 3.8) is 0 Å². The Morgan fingerprint density at radius 1 is 1.19 bits per heavy atom. The maximum absolute atomic E-state index is 13.4. The lowest BCUT2D eigenvalue weighted by Gasteiger charge is -2.30. The van der Waals surface area contributed by atoms with Crippen molar-refractivity contribution < 1.29 is 4.79 Å². The molecule has 0 unspecified atom stereocenters. The van der Waals surface area contributed by atoms with Crippen molar-refractivity contribution in [1.82, 2.24) is 20.1 Å². The van der Waals surface area contributed by atoms with Crippen molar-refractivity contribution in [3.05, 3.63) is 48.3 Å². The molecule has 0 aliphatic carbocycles. The molecule has 1 aliphatic heterocycles. The molecule has 1 saturated heterocycles. The molecule has 27 heavy (non-hydrogen) atoms. The molecule has 1 aliphatic rings. The Balaban J connectivity index is 1.80. The van der Waals surface area contributed by atoms with Crippen LogP contribution in [0.5, 0.6) is 0 Å². The average molecular weight is 364 g/mol. The van der Waals surface area contributed by atoms with Gasteiger partial charge in [-0.25, -0.2) is 0 Å². The number of nitrogens with zero attached hydrogens (tertiary/aromatic N) is 4. The SMILES string of the molecule is CC(C)Nc1c(C(=O)n2ccc3ccccc32)cnnc1N1CCNCC1. The summed E-state index contributed by atoms with van der Waals surface area (Å²) in [5, 5.41) is 16.3. The number of piperazine rings is 1. The highest BCUT2D eigenvalue weighted by molar-refractivity contribution is 6.06. The molecule has 0 radical (unpaired) electrons. The van der Waals surface area contributed by atoms with Gasteiger partial charge in [0.1, 0.15) is 0 Å². The van der Waals surface area contributed by atoms with E-state index in [-0.39, 0.29) is 11.9 Å². The van der Waals surface area contributed by atoms with E-state index >= 15 is 0 Å². The van der Waals surface area contributed by atoms with Crippen LogP contribution in [0.25, 0.3) is 10.9 Å². The van der Waals surface area contributed by atoms with Crippen molar-refractivity contribution in [2.75, 3.05) is 36.4 Å². The van der Waals surface area contributed by atoms with Crippen LogP contribution in [0.2, 0.25) is 0 Å². The number of benzene rings is 1. The average Bonchev–Trinajstić information content (AvgIpc) is 3.12. The third-order valence-corrected chi connectivity index (χ3v) is 4.73. The summed E-state index contributed by atoms with van der Waals surface area (Å²) in [6.07, 6.45) is 3.38. The minimum absolute atomic E-state index is 0.106. The number of anilines is 2. The van der Waals surface area contributed by atoms with Crippen LogP contribution in [-0.4, -0.2) is 52.9 Å². The van der Waals surface area contributed by atoms with Gasteiger partial charge in [0.25, 0.3) is 5.91 Å². The summed E-state index contributed by atoms with van der Waals surface area (Å²) >= 11 is 0. The van der Waals surface area contributed by atoms with Crippen LogP contribution in [0.3, 0.4) is 0 Å². The Labute approximate surface area is 158 Å². The van der Waals surface area contributed by atoms with E-state index in [1.54, 1.807) is 10.8 Å². The number of carbonyl (C=O) groups is 1. The second-order valence-corrected chi connectivity index (χ2v) is 7.04. The van der Waals surface area contributed by atoms with Gasteiger partial charge in [0.15, 0.2) is 5.82 Å². The van der Waals surface area contributed by atoms with E-state index in [0.29, 0.717) is 5.56 Å². The fourth-order valence-electron chi connectivity index (χ4n) is 3.46. The van der Waals surface area contributed by atoms with E-state index in [2.05, 4.69) is 39.6 Å². The number of para-hydroxylation sites is 1. The van der Waals surface area contributed by atoms with E-state index in [1.807, 2.05) is 36.5 Å². The minimum Gasteiger partial charge on any atom is -0.379 e. The van der Waals surface area contributed by atoms with Crippen molar-refractivity contribution in [1.29, 1.82) is 0 Å². The van der Waals surface area contributed by atoms with Gasteiger partial charge in [-0.1, -0.05) is 18.2 Å².